The summed E-state index contributed by atoms with van der Waals surface area (Å²) in [5.74, 6) is -0.0485. The first kappa shape index (κ1) is 15.0. The van der Waals surface area contributed by atoms with E-state index in [1.807, 2.05) is 43.3 Å². The first-order chi connectivity index (χ1) is 11.2. The van der Waals surface area contributed by atoms with Crippen molar-refractivity contribution in [1.82, 2.24) is 15.5 Å². The second-order valence-corrected chi connectivity index (χ2v) is 5.52. The van der Waals surface area contributed by atoms with Crippen molar-refractivity contribution in [2.45, 2.75) is 12.8 Å². The molecule has 0 bridgehead atoms. The summed E-state index contributed by atoms with van der Waals surface area (Å²) >= 11 is 0. The average Bonchev–Trinajstić information content (AvgIpc) is 3.03. The fraction of sp³-hybridized carbons (Fsp3) is 0.158. The molecule has 0 aliphatic rings. The summed E-state index contributed by atoms with van der Waals surface area (Å²) in [4.78, 5) is 12.2. The highest BCUT2D eigenvalue weighted by Crippen LogP contribution is 2.23. The van der Waals surface area contributed by atoms with Crippen LogP contribution in [0.15, 0.2) is 66.7 Å². The molecule has 4 heteroatoms. The van der Waals surface area contributed by atoms with Gasteiger partial charge in [0.2, 0.25) is 0 Å². The van der Waals surface area contributed by atoms with Gasteiger partial charge in [0.1, 0.15) is 5.69 Å². The second kappa shape index (κ2) is 6.92. The molecule has 1 heterocycles. The Balaban J connectivity index is 1.78. The highest BCUT2D eigenvalue weighted by atomic mass is 16.1. The topological polar surface area (TPSA) is 57.8 Å². The van der Waals surface area contributed by atoms with Crippen molar-refractivity contribution >= 4 is 5.91 Å². The van der Waals surface area contributed by atoms with E-state index < -0.39 is 0 Å². The molecule has 0 fully saturated rings. The Kier molecular flexibility index (Phi) is 4.52. The summed E-state index contributed by atoms with van der Waals surface area (Å²) in [6, 6.07) is 22.2. The third-order valence-electron chi connectivity index (χ3n) is 3.81. The molecule has 4 nitrogen and oxygen atoms in total. The van der Waals surface area contributed by atoms with Gasteiger partial charge in [-0.3, -0.25) is 9.89 Å². The molecule has 0 aliphatic heterocycles. The third kappa shape index (κ3) is 3.66. The zero-order chi connectivity index (χ0) is 16.1. The van der Waals surface area contributed by atoms with Crippen LogP contribution in [0.3, 0.4) is 0 Å². The molecule has 3 aromatic rings. The molecule has 0 aliphatic carbocycles. The number of carbonyl (C=O) groups is 1. The molecule has 0 saturated carbocycles. The van der Waals surface area contributed by atoms with Gasteiger partial charge in [-0.15, -0.1) is 0 Å². The van der Waals surface area contributed by atoms with E-state index in [0.29, 0.717) is 12.2 Å². The van der Waals surface area contributed by atoms with Crippen LogP contribution in [-0.4, -0.2) is 22.6 Å². The number of rotatable bonds is 5. The van der Waals surface area contributed by atoms with E-state index in [1.54, 1.807) is 6.07 Å². The Morgan fingerprint density at radius 1 is 1.04 bits per heavy atom. The van der Waals surface area contributed by atoms with Crippen LogP contribution >= 0.6 is 0 Å². The molecule has 1 aromatic heterocycles. The summed E-state index contributed by atoms with van der Waals surface area (Å²) in [6.45, 7) is 2.40. The van der Waals surface area contributed by atoms with Gasteiger partial charge in [0.05, 0.1) is 0 Å². The molecule has 2 N–H and O–H groups in total. The minimum atomic E-state index is -0.161. The largest absolute Gasteiger partial charge is 0.350 e. The predicted octanol–water partition coefficient (Wildman–Crippen LogP) is 3.28. The number of nitrogens with zero attached hydrogens (tertiary/aromatic N) is 1. The van der Waals surface area contributed by atoms with Crippen molar-refractivity contribution in [3.05, 3.63) is 89.2 Å². The molecule has 0 atom stereocenters. The van der Waals surface area contributed by atoms with Gasteiger partial charge < -0.3 is 5.32 Å². The quantitative estimate of drug-likeness (QED) is 0.760. The number of aromatic amines is 1. The van der Waals surface area contributed by atoms with Crippen LogP contribution < -0.4 is 5.32 Å². The van der Waals surface area contributed by atoms with E-state index >= 15 is 0 Å². The minimum absolute atomic E-state index is 0.112. The van der Waals surface area contributed by atoms with Crippen molar-refractivity contribution < 1.29 is 4.79 Å². The van der Waals surface area contributed by atoms with Crippen molar-refractivity contribution in [3.8, 4) is 0 Å². The SMILES string of the molecule is Cc1cc(C(=O)NCC(c2ccccc2)c2ccccc2)n[nH]1. The lowest BCUT2D eigenvalue weighted by atomic mass is 9.91. The van der Waals surface area contributed by atoms with Gasteiger partial charge >= 0.3 is 0 Å². The number of hydrogen-bond acceptors (Lipinski definition) is 2. The molecule has 0 spiro atoms. The Morgan fingerprint density at radius 2 is 1.61 bits per heavy atom. The van der Waals surface area contributed by atoms with Crippen LogP contribution in [0.1, 0.15) is 33.2 Å². The second-order valence-electron chi connectivity index (χ2n) is 5.52. The summed E-state index contributed by atoms with van der Waals surface area (Å²) < 4.78 is 0. The van der Waals surface area contributed by atoms with Crippen LogP contribution in [0.5, 0.6) is 0 Å². The maximum absolute atomic E-state index is 12.2. The summed E-state index contributed by atoms with van der Waals surface area (Å²) in [6.07, 6.45) is 0. The maximum Gasteiger partial charge on any atom is 0.271 e. The van der Waals surface area contributed by atoms with Crippen molar-refractivity contribution in [2.75, 3.05) is 6.54 Å². The molecular formula is C19H19N3O. The van der Waals surface area contributed by atoms with Gasteiger partial charge in [-0.2, -0.15) is 5.10 Å². The molecule has 23 heavy (non-hydrogen) atoms. The fourth-order valence-electron chi connectivity index (χ4n) is 2.62. The van der Waals surface area contributed by atoms with Gasteiger partial charge in [0.15, 0.2) is 0 Å². The first-order valence-corrected chi connectivity index (χ1v) is 7.64. The van der Waals surface area contributed by atoms with Gasteiger partial charge in [0, 0.05) is 18.2 Å². The van der Waals surface area contributed by atoms with Crippen molar-refractivity contribution in [1.29, 1.82) is 0 Å². The third-order valence-corrected chi connectivity index (χ3v) is 3.81. The zero-order valence-corrected chi connectivity index (χ0v) is 13.0. The molecule has 0 radical (unpaired) electrons. The number of nitrogens with one attached hydrogen (secondary N) is 2. The van der Waals surface area contributed by atoms with Crippen LogP contribution in [0, 0.1) is 6.92 Å². The van der Waals surface area contributed by atoms with Gasteiger partial charge in [-0.1, -0.05) is 60.7 Å². The van der Waals surface area contributed by atoms with Crippen LogP contribution in [-0.2, 0) is 0 Å². The maximum atomic E-state index is 12.2. The van der Waals surface area contributed by atoms with Crippen molar-refractivity contribution in [3.63, 3.8) is 0 Å². The Hall–Kier alpha value is -2.88. The van der Waals surface area contributed by atoms with E-state index in [2.05, 4.69) is 39.8 Å². The molecule has 2 aromatic carbocycles. The monoisotopic (exact) mass is 305 g/mol. The molecule has 3 rings (SSSR count). The van der Waals surface area contributed by atoms with Gasteiger partial charge in [-0.05, 0) is 24.1 Å². The highest BCUT2D eigenvalue weighted by molar-refractivity contribution is 5.92. The summed E-state index contributed by atoms with van der Waals surface area (Å²) in [5.41, 5.74) is 3.65. The first-order valence-electron chi connectivity index (χ1n) is 7.64. The number of H-pyrrole nitrogens is 1. The van der Waals surface area contributed by atoms with E-state index in [0.717, 1.165) is 5.69 Å². The average molecular weight is 305 g/mol. The molecule has 0 unspecified atom stereocenters. The lowest BCUT2D eigenvalue weighted by Crippen LogP contribution is -2.29. The molecule has 0 saturated heterocycles. The van der Waals surface area contributed by atoms with Gasteiger partial charge in [-0.25, -0.2) is 0 Å². The Morgan fingerprint density at radius 3 is 2.09 bits per heavy atom. The Bertz CT molecular complexity index is 726. The molecule has 1 amide bonds. The van der Waals surface area contributed by atoms with Gasteiger partial charge in [0.25, 0.3) is 5.91 Å². The summed E-state index contributed by atoms with van der Waals surface area (Å²) in [5, 5.41) is 9.78. The lowest BCUT2D eigenvalue weighted by Gasteiger charge is -2.18. The number of aromatic nitrogens is 2. The minimum Gasteiger partial charge on any atom is -0.350 e. The fourth-order valence-corrected chi connectivity index (χ4v) is 2.62. The van der Waals surface area contributed by atoms with Crippen LogP contribution in [0.25, 0.3) is 0 Å². The molecule has 116 valence electrons. The number of benzene rings is 2. The highest BCUT2D eigenvalue weighted by Gasteiger charge is 2.16. The van der Waals surface area contributed by atoms with E-state index in [1.165, 1.54) is 11.1 Å². The standard InChI is InChI=1S/C19H19N3O/c1-14-12-18(22-21-14)19(23)20-13-17(15-8-4-2-5-9-15)16-10-6-3-7-11-16/h2-12,17H,13H2,1H3,(H,20,23)(H,21,22). The normalized spacial score (nSPS) is 10.7. The summed E-state index contributed by atoms with van der Waals surface area (Å²) in [7, 11) is 0. The predicted molar refractivity (Wildman–Crippen MR) is 90.4 cm³/mol. The zero-order valence-electron chi connectivity index (χ0n) is 13.0. The number of hydrogen-bond donors (Lipinski definition) is 2. The van der Waals surface area contributed by atoms with Crippen LogP contribution in [0.4, 0.5) is 0 Å². The van der Waals surface area contributed by atoms with E-state index in [4.69, 9.17) is 0 Å². The lowest BCUT2D eigenvalue weighted by molar-refractivity contribution is 0.0947. The number of carbonyl (C=O) groups excluding carboxylic acids is 1. The number of aryl methyl sites for hydroxylation is 1. The smallest absolute Gasteiger partial charge is 0.271 e. The molecular weight excluding hydrogens is 286 g/mol. The van der Waals surface area contributed by atoms with E-state index in [-0.39, 0.29) is 11.8 Å². The Labute approximate surface area is 135 Å². The number of amides is 1. The van der Waals surface area contributed by atoms with Crippen molar-refractivity contribution in [2.24, 2.45) is 0 Å². The van der Waals surface area contributed by atoms with Crippen LogP contribution in [0.2, 0.25) is 0 Å². The van der Waals surface area contributed by atoms with E-state index in [9.17, 15) is 4.79 Å².